The van der Waals surface area contributed by atoms with Gasteiger partial charge in [-0.05, 0) is 42.1 Å². The topological polar surface area (TPSA) is 110 Å². The number of fused-ring (bicyclic) bond motifs is 1. The molecule has 31 heavy (non-hydrogen) atoms. The Labute approximate surface area is 179 Å². The molecule has 4 N–H and O–H groups in total. The molecule has 4 aromatic rings. The number of benzene rings is 2. The number of nitrogens with zero attached hydrogens (tertiary/aromatic N) is 3. The summed E-state index contributed by atoms with van der Waals surface area (Å²) in [6.07, 6.45) is 2.73. The van der Waals surface area contributed by atoms with Crippen LogP contribution in [0.15, 0.2) is 78.4 Å². The standard InChI is InChI=1S/C24H22N6O/c1-3-19(25)21-22(26)28-14-29-23(21)27-13-18-12-16-9-7-8-15(2)20(16)24(31)30(18)17-10-5-4-6-11-17/h3-12,14,25H,1,13H2,2H3,(H3,26,27,28,29). The summed E-state index contributed by atoms with van der Waals surface area (Å²) in [7, 11) is 0. The van der Waals surface area contributed by atoms with Gasteiger partial charge in [0.15, 0.2) is 0 Å². The van der Waals surface area contributed by atoms with E-state index in [2.05, 4.69) is 21.9 Å². The summed E-state index contributed by atoms with van der Waals surface area (Å²) in [5, 5.41) is 12.9. The minimum Gasteiger partial charge on any atom is -0.383 e. The van der Waals surface area contributed by atoms with Crippen molar-refractivity contribution in [3.63, 3.8) is 0 Å². The lowest BCUT2D eigenvalue weighted by Crippen LogP contribution is -2.24. The maximum atomic E-state index is 13.5. The van der Waals surface area contributed by atoms with Gasteiger partial charge in [-0.2, -0.15) is 0 Å². The first-order valence-corrected chi connectivity index (χ1v) is 9.76. The molecule has 0 spiro atoms. The van der Waals surface area contributed by atoms with Crippen molar-refractivity contribution in [3.05, 3.63) is 101 Å². The van der Waals surface area contributed by atoms with Gasteiger partial charge in [-0.25, -0.2) is 9.97 Å². The maximum Gasteiger partial charge on any atom is 0.263 e. The van der Waals surface area contributed by atoms with Crippen LogP contribution in [0.25, 0.3) is 16.5 Å². The van der Waals surface area contributed by atoms with Gasteiger partial charge < -0.3 is 16.5 Å². The Bertz CT molecular complexity index is 1360. The van der Waals surface area contributed by atoms with Crippen LogP contribution < -0.4 is 16.6 Å². The highest BCUT2D eigenvalue weighted by Crippen LogP contribution is 2.22. The average molecular weight is 410 g/mol. The minimum absolute atomic E-state index is 0.0835. The summed E-state index contributed by atoms with van der Waals surface area (Å²) in [5.74, 6) is 0.603. The number of aryl methyl sites for hydroxylation is 1. The molecule has 0 bridgehead atoms. The van der Waals surface area contributed by atoms with Crippen molar-refractivity contribution in [1.29, 1.82) is 5.41 Å². The summed E-state index contributed by atoms with van der Waals surface area (Å²) in [5.41, 5.74) is 8.84. The van der Waals surface area contributed by atoms with Crippen LogP contribution in [0.4, 0.5) is 11.6 Å². The molecule has 0 radical (unpaired) electrons. The second-order valence-corrected chi connectivity index (χ2v) is 7.10. The van der Waals surface area contributed by atoms with Crippen molar-refractivity contribution in [3.8, 4) is 5.69 Å². The normalized spacial score (nSPS) is 10.7. The van der Waals surface area contributed by atoms with Gasteiger partial charge in [0.2, 0.25) is 0 Å². The number of nitrogens with two attached hydrogens (primary N) is 1. The van der Waals surface area contributed by atoms with E-state index in [-0.39, 0.29) is 17.1 Å². The van der Waals surface area contributed by atoms with Crippen LogP contribution in [0.2, 0.25) is 0 Å². The Morgan fingerprint density at radius 3 is 2.71 bits per heavy atom. The van der Waals surface area contributed by atoms with E-state index >= 15 is 0 Å². The summed E-state index contributed by atoms with van der Waals surface area (Å²) in [6, 6.07) is 17.3. The predicted octanol–water partition coefficient (Wildman–Crippen LogP) is 3.84. The van der Waals surface area contributed by atoms with Crippen molar-refractivity contribution in [2.75, 3.05) is 11.1 Å². The number of anilines is 2. The molecule has 4 rings (SSSR count). The molecule has 0 atom stereocenters. The van der Waals surface area contributed by atoms with Gasteiger partial charge in [-0.1, -0.05) is 43.0 Å². The number of pyridine rings is 1. The lowest BCUT2D eigenvalue weighted by molar-refractivity contribution is 0.889. The second kappa shape index (κ2) is 8.23. The van der Waals surface area contributed by atoms with Crippen LogP contribution in [-0.2, 0) is 6.54 Å². The average Bonchev–Trinajstić information content (AvgIpc) is 2.77. The predicted molar refractivity (Wildman–Crippen MR) is 125 cm³/mol. The smallest absolute Gasteiger partial charge is 0.263 e. The first kappa shape index (κ1) is 20.0. The Hall–Kier alpha value is -4.26. The lowest BCUT2D eigenvalue weighted by atomic mass is 10.1. The molecule has 154 valence electrons. The Morgan fingerprint density at radius 1 is 1.19 bits per heavy atom. The van der Waals surface area contributed by atoms with Gasteiger partial charge >= 0.3 is 0 Å². The van der Waals surface area contributed by atoms with Crippen molar-refractivity contribution in [2.24, 2.45) is 0 Å². The third kappa shape index (κ3) is 3.69. The van der Waals surface area contributed by atoms with Crippen molar-refractivity contribution in [1.82, 2.24) is 14.5 Å². The van der Waals surface area contributed by atoms with E-state index < -0.39 is 0 Å². The molecular weight excluding hydrogens is 388 g/mol. The van der Waals surface area contributed by atoms with E-state index in [0.29, 0.717) is 23.3 Å². The van der Waals surface area contributed by atoms with Crippen LogP contribution in [0, 0.1) is 12.3 Å². The maximum absolute atomic E-state index is 13.5. The molecule has 7 heteroatoms. The van der Waals surface area contributed by atoms with E-state index in [1.807, 2.05) is 61.5 Å². The molecule has 0 aliphatic rings. The molecule has 0 saturated heterocycles. The molecule has 0 amide bonds. The van der Waals surface area contributed by atoms with Crippen LogP contribution >= 0.6 is 0 Å². The lowest BCUT2D eigenvalue weighted by Gasteiger charge is -2.17. The van der Waals surface area contributed by atoms with Gasteiger partial charge in [0.05, 0.1) is 23.2 Å². The quantitative estimate of drug-likeness (QED) is 0.419. The Morgan fingerprint density at radius 2 is 1.97 bits per heavy atom. The fourth-order valence-electron chi connectivity index (χ4n) is 3.65. The molecule has 0 fully saturated rings. The second-order valence-electron chi connectivity index (χ2n) is 7.10. The highest BCUT2D eigenvalue weighted by Gasteiger charge is 2.15. The highest BCUT2D eigenvalue weighted by atomic mass is 16.1. The first-order chi connectivity index (χ1) is 15.0. The van der Waals surface area contributed by atoms with Crippen LogP contribution in [0.3, 0.4) is 0 Å². The molecule has 2 aromatic carbocycles. The first-order valence-electron chi connectivity index (χ1n) is 9.76. The number of nitrogens with one attached hydrogen (secondary N) is 2. The van der Waals surface area contributed by atoms with Crippen molar-refractivity contribution >= 4 is 28.1 Å². The molecule has 2 heterocycles. The van der Waals surface area contributed by atoms with Gasteiger partial charge in [-0.15, -0.1) is 0 Å². The molecular formula is C24H22N6O. The van der Waals surface area contributed by atoms with E-state index in [1.165, 1.54) is 12.4 Å². The molecule has 7 nitrogen and oxygen atoms in total. The van der Waals surface area contributed by atoms with E-state index in [1.54, 1.807) is 4.57 Å². The van der Waals surface area contributed by atoms with Crippen LogP contribution in [-0.4, -0.2) is 20.2 Å². The highest BCUT2D eigenvalue weighted by molar-refractivity contribution is 6.12. The van der Waals surface area contributed by atoms with Gasteiger partial charge in [0, 0.05) is 11.4 Å². The number of para-hydroxylation sites is 1. The molecule has 0 aliphatic heterocycles. The summed E-state index contributed by atoms with van der Waals surface area (Å²) >= 11 is 0. The SMILES string of the molecule is C=CC(=N)c1c(N)ncnc1NCc1cc2cccc(C)c2c(=O)n1-c1ccccc1. The number of allylic oxidation sites excluding steroid dienone is 1. The number of rotatable bonds is 6. The van der Waals surface area contributed by atoms with Crippen LogP contribution in [0.5, 0.6) is 0 Å². The molecule has 0 saturated carbocycles. The van der Waals surface area contributed by atoms with Crippen LogP contribution in [0.1, 0.15) is 16.8 Å². The van der Waals surface area contributed by atoms with E-state index in [0.717, 1.165) is 22.3 Å². The Kier molecular flexibility index (Phi) is 5.32. The summed E-state index contributed by atoms with van der Waals surface area (Å²) < 4.78 is 1.70. The largest absolute Gasteiger partial charge is 0.383 e. The fraction of sp³-hybridized carbons (Fsp3) is 0.0833. The van der Waals surface area contributed by atoms with Crippen molar-refractivity contribution < 1.29 is 0 Å². The monoisotopic (exact) mass is 410 g/mol. The van der Waals surface area contributed by atoms with E-state index in [9.17, 15) is 4.79 Å². The zero-order chi connectivity index (χ0) is 22.0. The fourth-order valence-corrected chi connectivity index (χ4v) is 3.65. The minimum atomic E-state index is -0.0835. The summed E-state index contributed by atoms with van der Waals surface area (Å²) in [6.45, 7) is 5.87. The van der Waals surface area contributed by atoms with Gasteiger partial charge in [0.1, 0.15) is 18.0 Å². The molecule has 0 unspecified atom stereocenters. The van der Waals surface area contributed by atoms with Gasteiger partial charge in [0.25, 0.3) is 5.56 Å². The molecule has 2 aromatic heterocycles. The zero-order valence-corrected chi connectivity index (χ0v) is 17.1. The number of nitrogen functional groups attached to an aromatic ring is 1. The van der Waals surface area contributed by atoms with E-state index in [4.69, 9.17) is 11.1 Å². The Balaban J connectivity index is 1.86. The van der Waals surface area contributed by atoms with Crippen molar-refractivity contribution in [2.45, 2.75) is 13.5 Å². The zero-order valence-electron chi connectivity index (χ0n) is 17.1. The number of aromatic nitrogens is 3. The number of hydrogen-bond acceptors (Lipinski definition) is 6. The third-order valence-corrected chi connectivity index (χ3v) is 5.13. The number of hydrogen-bond donors (Lipinski definition) is 3. The molecule has 0 aliphatic carbocycles. The summed E-state index contributed by atoms with van der Waals surface area (Å²) in [4.78, 5) is 21.7. The third-order valence-electron chi connectivity index (χ3n) is 5.13. The van der Waals surface area contributed by atoms with Gasteiger partial charge in [-0.3, -0.25) is 9.36 Å².